The molecule has 1 fully saturated rings. The van der Waals surface area contributed by atoms with Crippen LogP contribution < -0.4 is 10.6 Å². The number of benzene rings is 1. The number of nitrogens with zero attached hydrogens (tertiary/aromatic N) is 3. The molecule has 6 nitrogen and oxygen atoms in total. The fourth-order valence-electron chi connectivity index (χ4n) is 4.00. The number of nitrogens with one attached hydrogen (secondary N) is 2. The maximum Gasteiger partial charge on any atom is 0.319 e. The summed E-state index contributed by atoms with van der Waals surface area (Å²) in [5.74, 6) is -0.275. The van der Waals surface area contributed by atoms with E-state index in [4.69, 9.17) is 0 Å². The number of carbonyl (C=O) groups is 1. The van der Waals surface area contributed by atoms with Gasteiger partial charge in [0.15, 0.2) is 5.65 Å². The lowest BCUT2D eigenvalue weighted by Crippen LogP contribution is -2.45. The summed E-state index contributed by atoms with van der Waals surface area (Å²) >= 11 is 0. The van der Waals surface area contributed by atoms with Crippen molar-refractivity contribution < 1.29 is 9.18 Å². The van der Waals surface area contributed by atoms with Gasteiger partial charge >= 0.3 is 6.03 Å². The van der Waals surface area contributed by atoms with Gasteiger partial charge in [0.05, 0.1) is 23.6 Å². The minimum absolute atomic E-state index is 0.213. The van der Waals surface area contributed by atoms with E-state index in [0.717, 1.165) is 42.3 Å². The molecular weight excluding hydrogens is 357 g/mol. The average molecular weight is 381 g/mol. The second-order valence-electron chi connectivity index (χ2n) is 7.69. The monoisotopic (exact) mass is 381 g/mol. The predicted molar refractivity (Wildman–Crippen MR) is 107 cm³/mol. The van der Waals surface area contributed by atoms with Gasteiger partial charge in [0.1, 0.15) is 5.82 Å². The number of urea groups is 1. The molecule has 28 heavy (non-hydrogen) atoms. The highest BCUT2D eigenvalue weighted by Gasteiger charge is 2.37. The van der Waals surface area contributed by atoms with Crippen molar-refractivity contribution in [2.24, 2.45) is 0 Å². The van der Waals surface area contributed by atoms with Gasteiger partial charge in [-0.25, -0.2) is 18.9 Å². The third-order valence-corrected chi connectivity index (χ3v) is 5.39. The molecule has 1 aliphatic rings. The lowest BCUT2D eigenvalue weighted by Gasteiger charge is -2.31. The smallest absolute Gasteiger partial charge is 0.319 e. The second-order valence-corrected chi connectivity index (χ2v) is 7.69. The zero-order valence-corrected chi connectivity index (χ0v) is 16.1. The van der Waals surface area contributed by atoms with E-state index in [1.807, 2.05) is 24.6 Å². The Bertz CT molecular complexity index is 990. The number of halogens is 1. The molecule has 0 unspecified atom stereocenters. The first kappa shape index (κ1) is 18.4. The summed E-state index contributed by atoms with van der Waals surface area (Å²) < 4.78 is 15.2. The summed E-state index contributed by atoms with van der Waals surface area (Å²) in [6, 6.07) is 8.20. The largest absolute Gasteiger partial charge is 0.328 e. The normalized spacial score (nSPS) is 15.9. The number of pyridine rings is 1. The molecule has 3 aromatic rings. The van der Waals surface area contributed by atoms with E-state index in [1.54, 1.807) is 24.5 Å². The zero-order valence-electron chi connectivity index (χ0n) is 16.1. The highest BCUT2D eigenvalue weighted by Crippen LogP contribution is 2.38. The predicted octanol–water partition coefficient (Wildman–Crippen LogP) is 4.74. The number of rotatable bonds is 4. The van der Waals surface area contributed by atoms with Crippen LogP contribution in [-0.2, 0) is 5.54 Å². The molecule has 0 bridgehead atoms. The molecule has 0 spiro atoms. The van der Waals surface area contributed by atoms with Crippen molar-refractivity contribution in [3.8, 4) is 0 Å². The number of carbonyl (C=O) groups excluding carboxylic acids is 1. The van der Waals surface area contributed by atoms with Gasteiger partial charge in [-0.3, -0.25) is 0 Å². The lowest BCUT2D eigenvalue weighted by molar-refractivity contribution is 0.236. The van der Waals surface area contributed by atoms with Crippen LogP contribution in [0.2, 0.25) is 0 Å². The topological polar surface area (TPSA) is 71.8 Å². The summed E-state index contributed by atoms with van der Waals surface area (Å²) in [6.07, 6.45) is 7.12. The number of anilines is 1. The van der Waals surface area contributed by atoms with Crippen LogP contribution in [0.5, 0.6) is 0 Å². The van der Waals surface area contributed by atoms with Gasteiger partial charge in [0.25, 0.3) is 0 Å². The van der Waals surface area contributed by atoms with Gasteiger partial charge in [-0.05, 0) is 50.5 Å². The Morgan fingerprint density at radius 1 is 1.18 bits per heavy atom. The standard InChI is InChI=1S/C21H24FN5O/c1-14(2)27-19-15(12-24-27)11-18(13-23-19)25-20(28)26-21(9-3-4-10-21)16-5-7-17(22)8-6-16/h5-8,11-14H,3-4,9-10H2,1-2H3,(H2,25,26,28). The quantitative estimate of drug-likeness (QED) is 0.685. The van der Waals surface area contributed by atoms with Gasteiger partial charge < -0.3 is 10.6 Å². The fraction of sp³-hybridized carbons (Fsp3) is 0.381. The molecule has 0 saturated heterocycles. The summed E-state index contributed by atoms with van der Waals surface area (Å²) in [5, 5.41) is 11.2. The summed E-state index contributed by atoms with van der Waals surface area (Å²) in [5.41, 5.74) is 1.88. The third kappa shape index (κ3) is 3.44. The van der Waals surface area contributed by atoms with Crippen LogP contribution in [0.25, 0.3) is 11.0 Å². The molecule has 0 aliphatic heterocycles. The molecule has 2 aromatic heterocycles. The van der Waals surface area contributed by atoms with Crippen LogP contribution in [0.1, 0.15) is 51.1 Å². The Morgan fingerprint density at radius 2 is 1.89 bits per heavy atom. The third-order valence-electron chi connectivity index (χ3n) is 5.39. The molecule has 7 heteroatoms. The molecular formula is C21H24FN5O. The van der Waals surface area contributed by atoms with Crippen molar-refractivity contribution in [3.05, 3.63) is 54.1 Å². The van der Waals surface area contributed by atoms with Gasteiger partial charge in [0, 0.05) is 11.4 Å². The van der Waals surface area contributed by atoms with Gasteiger partial charge in [0.2, 0.25) is 0 Å². The number of hydrogen-bond donors (Lipinski definition) is 2. The maximum absolute atomic E-state index is 13.3. The van der Waals surface area contributed by atoms with Crippen LogP contribution >= 0.6 is 0 Å². The number of amides is 2. The van der Waals surface area contributed by atoms with Crippen molar-refractivity contribution in [3.63, 3.8) is 0 Å². The molecule has 1 aliphatic carbocycles. The maximum atomic E-state index is 13.3. The van der Waals surface area contributed by atoms with Crippen LogP contribution in [0.4, 0.5) is 14.9 Å². The Balaban J connectivity index is 1.52. The van der Waals surface area contributed by atoms with Crippen LogP contribution in [0, 0.1) is 5.82 Å². The zero-order chi connectivity index (χ0) is 19.7. The molecule has 2 amide bonds. The molecule has 0 radical (unpaired) electrons. The SMILES string of the molecule is CC(C)n1ncc2cc(NC(=O)NC3(c4ccc(F)cc4)CCCC3)cnc21. The Labute approximate surface area is 163 Å². The average Bonchev–Trinajstić information content (AvgIpc) is 3.29. The second kappa shape index (κ2) is 7.22. The van der Waals surface area contributed by atoms with Crippen molar-refractivity contribution >= 4 is 22.8 Å². The number of hydrogen-bond acceptors (Lipinski definition) is 3. The first-order valence-corrected chi connectivity index (χ1v) is 9.65. The molecule has 1 saturated carbocycles. The van der Waals surface area contributed by atoms with E-state index in [0.29, 0.717) is 5.69 Å². The van der Waals surface area contributed by atoms with Crippen LogP contribution in [0.15, 0.2) is 42.7 Å². The summed E-state index contributed by atoms with van der Waals surface area (Å²) in [6.45, 7) is 4.09. The molecule has 0 atom stereocenters. The first-order valence-electron chi connectivity index (χ1n) is 9.65. The van der Waals surface area contributed by atoms with E-state index in [2.05, 4.69) is 20.7 Å². The molecule has 2 heterocycles. The Morgan fingerprint density at radius 3 is 2.57 bits per heavy atom. The Hall–Kier alpha value is -2.96. The fourth-order valence-corrected chi connectivity index (χ4v) is 4.00. The number of fused-ring (bicyclic) bond motifs is 1. The Kier molecular flexibility index (Phi) is 4.75. The minimum atomic E-state index is -0.460. The first-order chi connectivity index (χ1) is 13.5. The summed E-state index contributed by atoms with van der Waals surface area (Å²) in [4.78, 5) is 17.2. The lowest BCUT2D eigenvalue weighted by atomic mass is 9.88. The van der Waals surface area contributed by atoms with Crippen molar-refractivity contribution in [2.75, 3.05) is 5.32 Å². The molecule has 2 N–H and O–H groups in total. The van der Waals surface area contributed by atoms with E-state index in [-0.39, 0.29) is 17.9 Å². The molecule has 146 valence electrons. The highest BCUT2D eigenvalue weighted by molar-refractivity contribution is 5.92. The van der Waals surface area contributed by atoms with E-state index >= 15 is 0 Å². The highest BCUT2D eigenvalue weighted by atomic mass is 19.1. The van der Waals surface area contributed by atoms with Gasteiger partial charge in [-0.15, -0.1) is 0 Å². The van der Waals surface area contributed by atoms with Crippen LogP contribution in [-0.4, -0.2) is 20.8 Å². The van der Waals surface area contributed by atoms with E-state index in [9.17, 15) is 9.18 Å². The minimum Gasteiger partial charge on any atom is -0.328 e. The van der Waals surface area contributed by atoms with Gasteiger partial charge in [-0.1, -0.05) is 25.0 Å². The number of aromatic nitrogens is 3. The van der Waals surface area contributed by atoms with Crippen molar-refractivity contribution in [1.29, 1.82) is 0 Å². The van der Waals surface area contributed by atoms with Crippen molar-refractivity contribution in [1.82, 2.24) is 20.1 Å². The van der Waals surface area contributed by atoms with E-state index < -0.39 is 5.54 Å². The molecule has 1 aromatic carbocycles. The van der Waals surface area contributed by atoms with Crippen molar-refractivity contribution in [2.45, 2.75) is 51.1 Å². The summed E-state index contributed by atoms with van der Waals surface area (Å²) in [7, 11) is 0. The molecule has 4 rings (SSSR count). The van der Waals surface area contributed by atoms with Gasteiger partial charge in [-0.2, -0.15) is 5.10 Å². The van der Waals surface area contributed by atoms with Crippen LogP contribution in [0.3, 0.4) is 0 Å². The van der Waals surface area contributed by atoms with E-state index in [1.165, 1.54) is 12.1 Å².